The number of benzene rings is 1. The highest BCUT2D eigenvalue weighted by molar-refractivity contribution is 5.77. The van der Waals surface area contributed by atoms with E-state index in [0.717, 1.165) is 24.4 Å². The number of carboxylic acid groups (broad SMARTS) is 1. The van der Waals surface area contributed by atoms with Gasteiger partial charge in [-0.15, -0.1) is 0 Å². The molecule has 1 amide bonds. The number of aromatic nitrogens is 2. The number of hydrogen-bond acceptors (Lipinski definition) is 4. The lowest BCUT2D eigenvalue weighted by Gasteiger charge is -2.25. The number of H-pyrrole nitrogens is 1. The van der Waals surface area contributed by atoms with Crippen LogP contribution in [0.4, 0.5) is 4.39 Å². The molecule has 1 aliphatic heterocycles. The highest BCUT2D eigenvalue weighted by Gasteiger charge is 2.32. The minimum absolute atomic E-state index is 0.0101. The van der Waals surface area contributed by atoms with Crippen LogP contribution < -0.4 is 5.73 Å². The second-order valence-electron chi connectivity index (χ2n) is 7.60. The molecule has 1 aromatic heterocycles. The Labute approximate surface area is 193 Å². The maximum Gasteiger partial charge on any atom is 0.290 e. The zero-order valence-electron chi connectivity index (χ0n) is 18.7. The van der Waals surface area contributed by atoms with Crippen LogP contribution in [0.2, 0.25) is 0 Å². The molecule has 0 radical (unpaired) electrons. The average molecular weight is 455 g/mol. The Morgan fingerprint density at radius 1 is 1.33 bits per heavy atom. The molecule has 1 aliphatic rings. The van der Waals surface area contributed by atoms with E-state index >= 15 is 0 Å². The summed E-state index contributed by atoms with van der Waals surface area (Å²) in [6.07, 6.45) is 15.8. The Bertz CT molecular complexity index is 984. The second-order valence-corrected chi connectivity index (χ2v) is 7.60. The molecule has 3 rings (SSSR count). The second kappa shape index (κ2) is 13.8. The van der Waals surface area contributed by atoms with Gasteiger partial charge in [-0.25, -0.2) is 9.37 Å². The summed E-state index contributed by atoms with van der Waals surface area (Å²) in [5, 5.41) is 6.89. The molecule has 1 saturated heterocycles. The van der Waals surface area contributed by atoms with Crippen LogP contribution in [-0.4, -0.2) is 44.9 Å². The first-order valence-corrected chi connectivity index (χ1v) is 10.9. The maximum absolute atomic E-state index is 13.8. The highest BCUT2D eigenvalue weighted by atomic mass is 19.1. The van der Waals surface area contributed by atoms with Crippen LogP contribution in [0.1, 0.15) is 49.3 Å². The van der Waals surface area contributed by atoms with Crippen LogP contribution in [0, 0.1) is 5.82 Å². The van der Waals surface area contributed by atoms with Crippen LogP contribution in [0.25, 0.3) is 6.08 Å². The fourth-order valence-corrected chi connectivity index (χ4v) is 3.71. The summed E-state index contributed by atoms with van der Waals surface area (Å²) in [5.74, 6) is 0.501. The summed E-state index contributed by atoms with van der Waals surface area (Å²) in [7, 11) is 0. The van der Waals surface area contributed by atoms with E-state index in [-0.39, 0.29) is 30.7 Å². The Morgan fingerprint density at radius 2 is 2.06 bits per heavy atom. The van der Waals surface area contributed by atoms with Crippen LogP contribution in [0.5, 0.6) is 0 Å². The van der Waals surface area contributed by atoms with Crippen LogP contribution >= 0.6 is 0 Å². The molecule has 2 aromatic rings. The van der Waals surface area contributed by atoms with E-state index < -0.39 is 6.04 Å². The molecule has 0 bridgehead atoms. The molecule has 33 heavy (non-hydrogen) atoms. The van der Waals surface area contributed by atoms with Crippen molar-refractivity contribution in [1.29, 1.82) is 0 Å². The van der Waals surface area contributed by atoms with E-state index in [2.05, 4.69) is 9.97 Å². The van der Waals surface area contributed by atoms with E-state index in [1.165, 1.54) is 6.07 Å². The van der Waals surface area contributed by atoms with Gasteiger partial charge in [-0.3, -0.25) is 9.59 Å². The lowest BCUT2D eigenvalue weighted by molar-refractivity contribution is -0.132. The molecule has 0 unspecified atom stereocenters. The monoisotopic (exact) mass is 454 g/mol. The number of aromatic amines is 1. The number of carbonyl (C=O) groups excluding carboxylic acids is 1. The first kappa shape index (κ1) is 25.7. The number of amides is 1. The first-order chi connectivity index (χ1) is 16.0. The van der Waals surface area contributed by atoms with Gasteiger partial charge in [0.1, 0.15) is 11.6 Å². The highest BCUT2D eigenvalue weighted by Crippen LogP contribution is 2.31. The van der Waals surface area contributed by atoms with E-state index in [9.17, 15) is 9.18 Å². The number of rotatable bonds is 8. The first-order valence-electron chi connectivity index (χ1n) is 10.9. The Balaban J connectivity index is 0.00000122. The summed E-state index contributed by atoms with van der Waals surface area (Å²) < 4.78 is 13.8. The topological polar surface area (TPSA) is 112 Å². The molecule has 0 spiro atoms. The van der Waals surface area contributed by atoms with E-state index in [0.29, 0.717) is 18.5 Å². The number of carbonyl (C=O) groups is 2. The standard InChI is InChI=1S/C24H29FN4O.CH2O2/c1-2-3-4-5-6-11-20-17-27-24(28-20)22-13-9-14-29(22)23(30)16-19(26)15-18-10-7-8-12-21(18)25;2-1-3/h2-8,10-12,17,19,22H,9,13-16,26H2,1H3,(H,27,28);1H,(H,2,3)/t19-,22+;/m1./s1. The predicted molar refractivity (Wildman–Crippen MR) is 127 cm³/mol. The molecule has 2 heterocycles. The Kier molecular flexibility index (Phi) is 10.8. The van der Waals surface area contributed by atoms with Gasteiger partial charge in [-0.05, 0) is 43.9 Å². The van der Waals surface area contributed by atoms with Gasteiger partial charge >= 0.3 is 0 Å². The molecule has 0 saturated carbocycles. The Hall–Kier alpha value is -3.52. The molecule has 1 aromatic carbocycles. The van der Waals surface area contributed by atoms with Crippen LogP contribution in [-0.2, 0) is 16.0 Å². The number of imidazole rings is 1. The fraction of sp³-hybridized carbons (Fsp3) is 0.320. The largest absolute Gasteiger partial charge is 0.483 e. The number of nitrogens with zero attached hydrogens (tertiary/aromatic N) is 2. The van der Waals surface area contributed by atoms with E-state index in [1.807, 2.05) is 48.3 Å². The molecule has 7 nitrogen and oxygen atoms in total. The smallest absolute Gasteiger partial charge is 0.290 e. The van der Waals surface area contributed by atoms with Crippen molar-refractivity contribution in [1.82, 2.24) is 14.9 Å². The van der Waals surface area contributed by atoms with E-state index in [1.54, 1.807) is 24.4 Å². The lowest BCUT2D eigenvalue weighted by atomic mass is 10.0. The van der Waals surface area contributed by atoms with Crippen molar-refractivity contribution in [2.45, 2.75) is 44.7 Å². The average Bonchev–Trinajstić information content (AvgIpc) is 3.45. The van der Waals surface area contributed by atoms with Crippen LogP contribution in [0.3, 0.4) is 0 Å². The fourth-order valence-electron chi connectivity index (χ4n) is 3.71. The van der Waals surface area contributed by atoms with Crippen molar-refractivity contribution in [3.8, 4) is 0 Å². The maximum atomic E-state index is 13.8. The van der Waals surface area contributed by atoms with Gasteiger partial charge in [0.25, 0.3) is 6.47 Å². The molecular weight excluding hydrogens is 423 g/mol. The number of likely N-dealkylation sites (tertiary alicyclic amines) is 1. The predicted octanol–water partition coefficient (Wildman–Crippen LogP) is 4.02. The summed E-state index contributed by atoms with van der Waals surface area (Å²) in [5.41, 5.74) is 7.60. The van der Waals surface area contributed by atoms with Gasteiger partial charge in [0.15, 0.2) is 0 Å². The van der Waals surface area contributed by atoms with Gasteiger partial charge in [0.2, 0.25) is 5.91 Å². The van der Waals surface area contributed by atoms with Crippen molar-refractivity contribution in [3.63, 3.8) is 0 Å². The molecule has 1 fully saturated rings. The quantitative estimate of drug-likeness (QED) is 0.412. The van der Waals surface area contributed by atoms with Gasteiger partial charge in [-0.2, -0.15) is 0 Å². The number of hydrogen-bond donors (Lipinski definition) is 3. The minimum Gasteiger partial charge on any atom is -0.483 e. The summed E-state index contributed by atoms with van der Waals surface area (Å²) in [6.45, 7) is 2.41. The summed E-state index contributed by atoms with van der Waals surface area (Å²) in [4.78, 5) is 30.9. The van der Waals surface area contributed by atoms with Gasteiger partial charge in [0, 0.05) is 19.0 Å². The van der Waals surface area contributed by atoms with Gasteiger partial charge < -0.3 is 20.7 Å². The number of allylic oxidation sites excluding steroid dienone is 5. The molecule has 2 atom stereocenters. The molecule has 4 N–H and O–H groups in total. The molecule has 0 aliphatic carbocycles. The lowest BCUT2D eigenvalue weighted by Crippen LogP contribution is -2.36. The minimum atomic E-state index is -0.422. The van der Waals surface area contributed by atoms with Crippen molar-refractivity contribution < 1.29 is 19.1 Å². The van der Waals surface area contributed by atoms with Gasteiger partial charge in [-0.1, -0.05) is 48.6 Å². The third-order valence-corrected chi connectivity index (χ3v) is 5.18. The number of nitrogens with one attached hydrogen (secondary N) is 1. The van der Waals surface area contributed by atoms with Crippen molar-refractivity contribution in [2.75, 3.05) is 6.54 Å². The Morgan fingerprint density at radius 3 is 2.79 bits per heavy atom. The normalized spacial score (nSPS) is 16.9. The zero-order chi connectivity index (χ0) is 24.1. The van der Waals surface area contributed by atoms with Crippen molar-refractivity contribution in [3.05, 3.63) is 83.7 Å². The van der Waals surface area contributed by atoms with Gasteiger partial charge in [0.05, 0.1) is 17.9 Å². The third kappa shape index (κ3) is 8.16. The van der Waals surface area contributed by atoms with Crippen LogP contribution in [0.15, 0.2) is 60.8 Å². The summed E-state index contributed by atoms with van der Waals surface area (Å²) >= 11 is 0. The van der Waals surface area contributed by atoms with Crippen molar-refractivity contribution in [2.24, 2.45) is 5.73 Å². The third-order valence-electron chi connectivity index (χ3n) is 5.18. The number of halogens is 1. The SMILES string of the molecule is CC=CC=CC=Cc1cnc([C@@H]2CCCN2C(=O)C[C@H](N)Cc2ccccc2F)[nH]1.O=CO. The molecule has 8 heteroatoms. The zero-order valence-corrected chi connectivity index (χ0v) is 18.7. The van der Waals surface area contributed by atoms with Crippen molar-refractivity contribution >= 4 is 18.5 Å². The summed E-state index contributed by atoms with van der Waals surface area (Å²) in [6, 6.07) is 6.07. The molecule has 176 valence electrons. The molecular formula is C25H31FN4O3. The van der Waals surface area contributed by atoms with E-state index in [4.69, 9.17) is 15.6 Å². The number of nitrogens with two attached hydrogens (primary N) is 1.